The molecular formula is C29H26N2O6. The van der Waals surface area contributed by atoms with E-state index in [1.807, 2.05) is 48.5 Å². The molecule has 3 aromatic rings. The molecule has 37 heavy (non-hydrogen) atoms. The smallest absolute Gasteiger partial charge is 0.407 e. The molecule has 0 fully saturated rings. The van der Waals surface area contributed by atoms with Crippen LogP contribution in [0.5, 0.6) is 0 Å². The fraction of sp³-hybridized carbons (Fsp3) is 0.241. The van der Waals surface area contributed by atoms with Gasteiger partial charge in [0, 0.05) is 12.5 Å². The van der Waals surface area contributed by atoms with Crippen molar-refractivity contribution < 1.29 is 29.0 Å². The van der Waals surface area contributed by atoms with Crippen LogP contribution in [0.3, 0.4) is 0 Å². The number of alkyl carbamates (subject to hydrolysis) is 1. The zero-order chi connectivity index (χ0) is 25.9. The number of carbonyl (C=O) groups excluding carboxylic acids is 3. The first kappa shape index (κ1) is 24.2. The van der Waals surface area contributed by atoms with E-state index in [9.17, 15) is 24.3 Å². The topological polar surface area (TPSA) is 113 Å². The Morgan fingerprint density at radius 2 is 1.32 bits per heavy atom. The number of carboxylic acid groups (broad SMARTS) is 1. The lowest BCUT2D eigenvalue weighted by Gasteiger charge is -2.18. The molecule has 0 bridgehead atoms. The number of fused-ring (bicyclic) bond motifs is 4. The van der Waals surface area contributed by atoms with Crippen molar-refractivity contribution in [3.05, 3.63) is 95.1 Å². The maximum atomic E-state index is 12.5. The highest BCUT2D eigenvalue weighted by molar-refractivity contribution is 6.21. The summed E-state index contributed by atoms with van der Waals surface area (Å²) < 4.78 is 5.46. The van der Waals surface area contributed by atoms with Gasteiger partial charge in [0.2, 0.25) is 0 Å². The molecule has 1 heterocycles. The molecule has 1 aliphatic heterocycles. The predicted octanol–water partition coefficient (Wildman–Crippen LogP) is 4.44. The maximum absolute atomic E-state index is 12.5. The van der Waals surface area contributed by atoms with Gasteiger partial charge in [-0.25, -0.2) is 9.59 Å². The third-order valence-corrected chi connectivity index (χ3v) is 6.94. The molecule has 1 aliphatic carbocycles. The molecule has 1 unspecified atom stereocenters. The number of aliphatic carboxylic acids is 1. The van der Waals surface area contributed by atoms with Crippen molar-refractivity contribution in [1.82, 2.24) is 10.2 Å². The Kier molecular flexibility index (Phi) is 6.72. The molecule has 8 heteroatoms. The highest BCUT2D eigenvalue weighted by Crippen LogP contribution is 2.44. The zero-order valence-corrected chi connectivity index (χ0v) is 20.1. The molecule has 0 radical (unpaired) electrons. The fourth-order valence-corrected chi connectivity index (χ4v) is 5.10. The number of carboxylic acids is 1. The Labute approximate surface area is 213 Å². The minimum absolute atomic E-state index is 0.0892. The number of ether oxygens (including phenoxy) is 1. The average molecular weight is 499 g/mol. The number of imide groups is 1. The summed E-state index contributed by atoms with van der Waals surface area (Å²) in [6.45, 7) is 0.273. The van der Waals surface area contributed by atoms with Crippen molar-refractivity contribution in [3.63, 3.8) is 0 Å². The van der Waals surface area contributed by atoms with E-state index in [1.165, 1.54) is 4.90 Å². The predicted molar refractivity (Wildman–Crippen MR) is 135 cm³/mol. The quantitative estimate of drug-likeness (QED) is 0.333. The molecule has 0 saturated carbocycles. The number of nitrogens with zero attached hydrogens (tertiary/aromatic N) is 1. The van der Waals surface area contributed by atoms with Gasteiger partial charge in [-0.05, 0) is 53.6 Å². The molecule has 5 rings (SSSR count). The average Bonchev–Trinajstić information content (AvgIpc) is 3.36. The second-order valence-corrected chi connectivity index (χ2v) is 9.16. The first-order chi connectivity index (χ1) is 18.0. The van der Waals surface area contributed by atoms with Crippen LogP contribution in [0.2, 0.25) is 0 Å². The van der Waals surface area contributed by atoms with E-state index in [0.717, 1.165) is 22.3 Å². The van der Waals surface area contributed by atoms with Gasteiger partial charge in [-0.15, -0.1) is 0 Å². The lowest BCUT2D eigenvalue weighted by molar-refractivity contribution is -0.139. The summed E-state index contributed by atoms with van der Waals surface area (Å²) in [6.07, 6.45) is 0.160. The standard InChI is InChI=1S/C29H26N2O6/c32-26-22-13-5-6-14-23(22)27(33)31(26)16-8-7-15-25(28(34)35)30-29(36)37-17-24-20-11-3-1-9-18(20)19-10-2-4-12-21(19)24/h1-6,9-14,24-25H,7-8,15-17H2,(H,30,36)(H,34,35). The molecule has 1 atom stereocenters. The maximum Gasteiger partial charge on any atom is 0.407 e. The van der Waals surface area contributed by atoms with Crippen LogP contribution in [0, 0.1) is 0 Å². The molecule has 3 amide bonds. The Hall–Kier alpha value is -4.46. The van der Waals surface area contributed by atoms with E-state index in [-0.39, 0.29) is 37.3 Å². The number of amides is 3. The summed E-state index contributed by atoms with van der Waals surface area (Å²) in [5.74, 6) is -1.98. The molecule has 2 N–H and O–H groups in total. The van der Waals surface area contributed by atoms with E-state index in [2.05, 4.69) is 5.32 Å². The van der Waals surface area contributed by atoms with E-state index in [1.54, 1.807) is 24.3 Å². The molecule has 0 saturated heterocycles. The Bertz CT molecular complexity index is 1300. The summed E-state index contributed by atoms with van der Waals surface area (Å²) >= 11 is 0. The molecule has 188 valence electrons. The van der Waals surface area contributed by atoms with E-state index < -0.39 is 18.1 Å². The second-order valence-electron chi connectivity index (χ2n) is 9.16. The molecule has 0 aromatic heterocycles. The number of nitrogens with one attached hydrogen (secondary N) is 1. The van der Waals surface area contributed by atoms with Crippen LogP contribution < -0.4 is 5.32 Å². The number of benzene rings is 3. The first-order valence-corrected chi connectivity index (χ1v) is 12.2. The minimum Gasteiger partial charge on any atom is -0.480 e. The van der Waals surface area contributed by atoms with Crippen LogP contribution in [0.15, 0.2) is 72.8 Å². The van der Waals surface area contributed by atoms with Crippen LogP contribution in [-0.2, 0) is 9.53 Å². The highest BCUT2D eigenvalue weighted by Gasteiger charge is 2.34. The summed E-state index contributed by atoms with van der Waals surface area (Å²) in [4.78, 5) is 50.3. The van der Waals surface area contributed by atoms with Crippen LogP contribution in [-0.4, -0.2) is 53.1 Å². The SMILES string of the molecule is O=C(NC(CCCCN1C(=O)c2ccccc2C1=O)C(=O)O)OCC1c2ccccc2-c2ccccc21. The number of carbonyl (C=O) groups is 4. The van der Waals surface area contributed by atoms with Crippen LogP contribution in [0.25, 0.3) is 11.1 Å². The molecule has 8 nitrogen and oxygen atoms in total. The Balaban J connectivity index is 1.12. The lowest BCUT2D eigenvalue weighted by Crippen LogP contribution is -2.41. The van der Waals surface area contributed by atoms with Gasteiger partial charge in [-0.1, -0.05) is 60.7 Å². The summed E-state index contributed by atoms with van der Waals surface area (Å²) in [5, 5.41) is 12.0. The zero-order valence-electron chi connectivity index (χ0n) is 20.1. The monoisotopic (exact) mass is 498 g/mol. The number of unbranched alkanes of at least 4 members (excludes halogenated alkanes) is 1. The Morgan fingerprint density at radius 3 is 1.86 bits per heavy atom. The minimum atomic E-state index is -1.17. The third kappa shape index (κ3) is 4.70. The van der Waals surface area contributed by atoms with Crippen molar-refractivity contribution >= 4 is 23.9 Å². The molecule has 3 aromatic carbocycles. The molecule has 2 aliphatic rings. The van der Waals surface area contributed by atoms with Gasteiger partial charge in [0.05, 0.1) is 11.1 Å². The summed E-state index contributed by atoms with van der Waals surface area (Å²) in [5.41, 5.74) is 5.11. The van der Waals surface area contributed by atoms with Gasteiger partial charge in [0.25, 0.3) is 11.8 Å². The number of hydrogen-bond acceptors (Lipinski definition) is 5. The summed E-state index contributed by atoms with van der Waals surface area (Å²) in [6, 6.07) is 21.4. The van der Waals surface area contributed by atoms with Gasteiger partial charge in [0.15, 0.2) is 0 Å². The van der Waals surface area contributed by atoms with E-state index in [0.29, 0.717) is 24.0 Å². The third-order valence-electron chi connectivity index (χ3n) is 6.94. The van der Waals surface area contributed by atoms with Crippen molar-refractivity contribution in [1.29, 1.82) is 0 Å². The van der Waals surface area contributed by atoms with Gasteiger partial charge in [0.1, 0.15) is 12.6 Å². The molecule has 0 spiro atoms. The summed E-state index contributed by atoms with van der Waals surface area (Å²) in [7, 11) is 0. The normalized spacial score (nSPS) is 14.6. The number of rotatable bonds is 9. The Morgan fingerprint density at radius 1 is 0.811 bits per heavy atom. The largest absolute Gasteiger partial charge is 0.480 e. The number of hydrogen-bond donors (Lipinski definition) is 2. The van der Waals surface area contributed by atoms with Crippen LogP contribution in [0.1, 0.15) is 57.0 Å². The molecular weight excluding hydrogens is 472 g/mol. The fourth-order valence-electron chi connectivity index (χ4n) is 5.10. The van der Waals surface area contributed by atoms with Crippen molar-refractivity contribution in [2.24, 2.45) is 0 Å². The van der Waals surface area contributed by atoms with Crippen molar-refractivity contribution in [2.45, 2.75) is 31.2 Å². The second kappa shape index (κ2) is 10.3. The van der Waals surface area contributed by atoms with E-state index >= 15 is 0 Å². The van der Waals surface area contributed by atoms with Crippen molar-refractivity contribution in [3.8, 4) is 11.1 Å². The van der Waals surface area contributed by atoms with Gasteiger partial charge >= 0.3 is 12.1 Å². The highest BCUT2D eigenvalue weighted by atomic mass is 16.5. The van der Waals surface area contributed by atoms with Crippen LogP contribution in [0.4, 0.5) is 4.79 Å². The van der Waals surface area contributed by atoms with E-state index in [4.69, 9.17) is 4.74 Å². The van der Waals surface area contributed by atoms with Crippen LogP contribution >= 0.6 is 0 Å². The first-order valence-electron chi connectivity index (χ1n) is 12.2. The van der Waals surface area contributed by atoms with Gasteiger partial charge in [-0.3, -0.25) is 14.5 Å². The van der Waals surface area contributed by atoms with Gasteiger partial charge in [-0.2, -0.15) is 0 Å². The lowest BCUT2D eigenvalue weighted by atomic mass is 9.98. The van der Waals surface area contributed by atoms with Gasteiger partial charge < -0.3 is 15.2 Å². The van der Waals surface area contributed by atoms with Crippen molar-refractivity contribution in [2.75, 3.05) is 13.2 Å².